The molecule has 1 heterocycles. The molecule has 1 aromatic carbocycles. The van der Waals surface area contributed by atoms with Crippen LogP contribution in [0.4, 0.5) is 8.78 Å². The summed E-state index contributed by atoms with van der Waals surface area (Å²) in [5.41, 5.74) is -0.552. The van der Waals surface area contributed by atoms with Crippen molar-refractivity contribution in [2.24, 2.45) is 0 Å². The highest BCUT2D eigenvalue weighted by Gasteiger charge is 2.40. The van der Waals surface area contributed by atoms with Crippen molar-refractivity contribution >= 4 is 23.6 Å². The molecule has 7 heteroatoms. The number of carbonyl (C=O) groups is 2. The maximum atomic E-state index is 13.1. The van der Waals surface area contributed by atoms with E-state index in [-0.39, 0.29) is 12.3 Å². The number of halogens is 2. The summed E-state index contributed by atoms with van der Waals surface area (Å²) in [6, 6.07) is 3.65. The number of carbonyl (C=O) groups excluding carboxylic acids is 1. The molecule has 0 aromatic heterocycles. The molecule has 126 valence electrons. The molecule has 0 unspecified atom stereocenters. The first-order valence-corrected chi connectivity index (χ1v) is 8.64. The second-order valence-electron chi connectivity index (χ2n) is 5.65. The average molecular weight is 343 g/mol. The summed E-state index contributed by atoms with van der Waals surface area (Å²) in [5, 5.41) is 12.0. The molecular formula is C16H19F2NO3S. The summed E-state index contributed by atoms with van der Waals surface area (Å²) in [4.78, 5) is 23.5. The van der Waals surface area contributed by atoms with Crippen LogP contribution < -0.4 is 5.32 Å². The van der Waals surface area contributed by atoms with Crippen LogP contribution in [0.5, 0.6) is 0 Å². The van der Waals surface area contributed by atoms with Crippen molar-refractivity contribution < 1.29 is 23.5 Å². The Balaban J connectivity index is 1.84. The van der Waals surface area contributed by atoms with Gasteiger partial charge in [-0.1, -0.05) is 6.07 Å². The van der Waals surface area contributed by atoms with Crippen molar-refractivity contribution in [1.29, 1.82) is 0 Å². The van der Waals surface area contributed by atoms with Gasteiger partial charge < -0.3 is 10.4 Å². The predicted octanol–water partition coefficient (Wildman–Crippen LogP) is 2.75. The molecule has 1 aliphatic rings. The highest BCUT2D eigenvalue weighted by molar-refractivity contribution is 7.99. The number of carboxylic acid groups (broad SMARTS) is 1. The molecule has 1 saturated heterocycles. The highest BCUT2D eigenvalue weighted by Crippen LogP contribution is 2.27. The number of rotatable bonds is 6. The number of carboxylic acids is 1. The third-order valence-corrected chi connectivity index (χ3v) is 4.97. The summed E-state index contributed by atoms with van der Waals surface area (Å²) in [5.74, 6) is -1.70. The molecule has 23 heavy (non-hydrogen) atoms. The topological polar surface area (TPSA) is 66.4 Å². The van der Waals surface area contributed by atoms with E-state index in [1.807, 2.05) is 0 Å². The third kappa shape index (κ3) is 4.67. The lowest BCUT2D eigenvalue weighted by Gasteiger charge is -2.33. The first kappa shape index (κ1) is 17.7. The Morgan fingerprint density at radius 3 is 2.52 bits per heavy atom. The molecule has 0 saturated carbocycles. The summed E-state index contributed by atoms with van der Waals surface area (Å²) < 4.78 is 25.9. The molecule has 1 aliphatic heterocycles. The molecule has 1 aromatic rings. The van der Waals surface area contributed by atoms with Crippen LogP contribution in [0.1, 0.15) is 31.2 Å². The average Bonchev–Trinajstić information content (AvgIpc) is 2.51. The van der Waals surface area contributed by atoms with Crippen LogP contribution in [0.3, 0.4) is 0 Å². The zero-order chi connectivity index (χ0) is 16.9. The maximum Gasteiger partial charge on any atom is 0.329 e. The summed E-state index contributed by atoms with van der Waals surface area (Å²) in [6.07, 6.45) is 1.87. The van der Waals surface area contributed by atoms with Gasteiger partial charge in [-0.3, -0.25) is 4.79 Å². The Hall–Kier alpha value is -1.63. The van der Waals surface area contributed by atoms with Crippen LogP contribution in [0, 0.1) is 11.6 Å². The van der Waals surface area contributed by atoms with Crippen LogP contribution >= 0.6 is 11.8 Å². The zero-order valence-corrected chi connectivity index (χ0v) is 13.4. The van der Waals surface area contributed by atoms with Crippen molar-refractivity contribution in [1.82, 2.24) is 5.32 Å². The minimum atomic E-state index is -1.16. The molecule has 1 amide bonds. The van der Waals surface area contributed by atoms with Crippen molar-refractivity contribution in [3.63, 3.8) is 0 Å². The molecule has 2 N–H and O–H groups in total. The molecule has 0 atom stereocenters. The lowest BCUT2D eigenvalue weighted by molar-refractivity contribution is -0.148. The molecule has 0 aliphatic carbocycles. The highest BCUT2D eigenvalue weighted by atomic mass is 32.2. The number of hydrogen-bond donors (Lipinski definition) is 2. The van der Waals surface area contributed by atoms with Crippen LogP contribution in [0.15, 0.2) is 18.2 Å². The van der Waals surface area contributed by atoms with E-state index in [1.54, 1.807) is 11.8 Å². The fraction of sp³-hybridized carbons (Fsp3) is 0.500. The van der Waals surface area contributed by atoms with Crippen LogP contribution in [0.2, 0.25) is 0 Å². The standard InChI is InChI=1S/C16H19F2NO3S/c17-12-5-4-11(10-13(12)18)2-1-3-14(20)19-16(15(21)22)6-8-23-9-7-16/h4-5,10H,1-3,6-9H2,(H,19,20)(H,21,22). The van der Waals surface area contributed by atoms with Gasteiger partial charge in [-0.2, -0.15) is 11.8 Å². The van der Waals surface area contributed by atoms with Gasteiger partial charge in [0.1, 0.15) is 5.54 Å². The van der Waals surface area contributed by atoms with Gasteiger partial charge >= 0.3 is 5.97 Å². The predicted molar refractivity (Wildman–Crippen MR) is 84.4 cm³/mol. The number of thioether (sulfide) groups is 1. The van der Waals surface area contributed by atoms with Gasteiger partial charge in [0.2, 0.25) is 5.91 Å². The normalized spacial score (nSPS) is 16.8. The van der Waals surface area contributed by atoms with E-state index in [9.17, 15) is 23.5 Å². The van der Waals surface area contributed by atoms with Gasteiger partial charge in [0.15, 0.2) is 11.6 Å². The molecule has 0 bridgehead atoms. The molecule has 4 nitrogen and oxygen atoms in total. The Morgan fingerprint density at radius 2 is 1.91 bits per heavy atom. The van der Waals surface area contributed by atoms with Crippen LogP contribution in [-0.4, -0.2) is 34.0 Å². The van der Waals surface area contributed by atoms with E-state index in [4.69, 9.17) is 0 Å². The van der Waals surface area contributed by atoms with Crippen molar-refractivity contribution in [2.75, 3.05) is 11.5 Å². The van der Waals surface area contributed by atoms with Crippen LogP contribution in [-0.2, 0) is 16.0 Å². The number of benzene rings is 1. The lowest BCUT2D eigenvalue weighted by atomic mass is 9.92. The molecule has 0 spiro atoms. The number of hydrogen-bond acceptors (Lipinski definition) is 3. The number of aliphatic carboxylic acids is 1. The van der Waals surface area contributed by atoms with E-state index < -0.39 is 23.1 Å². The van der Waals surface area contributed by atoms with Crippen LogP contribution in [0.25, 0.3) is 0 Å². The number of nitrogens with one attached hydrogen (secondary N) is 1. The minimum absolute atomic E-state index is 0.154. The Labute approximate surface area is 137 Å². The Bertz CT molecular complexity index is 589. The van der Waals surface area contributed by atoms with E-state index in [1.165, 1.54) is 6.07 Å². The molecule has 1 fully saturated rings. The van der Waals surface area contributed by atoms with Gasteiger partial charge in [-0.25, -0.2) is 13.6 Å². The van der Waals surface area contributed by atoms with Gasteiger partial charge in [-0.15, -0.1) is 0 Å². The third-order valence-electron chi connectivity index (χ3n) is 3.99. The van der Waals surface area contributed by atoms with Gasteiger partial charge in [0.05, 0.1) is 0 Å². The summed E-state index contributed by atoms with van der Waals surface area (Å²) in [7, 11) is 0. The zero-order valence-electron chi connectivity index (χ0n) is 12.6. The van der Waals surface area contributed by atoms with Crippen molar-refractivity contribution in [3.8, 4) is 0 Å². The second-order valence-corrected chi connectivity index (χ2v) is 6.87. The first-order chi connectivity index (χ1) is 10.9. The SMILES string of the molecule is O=C(CCCc1ccc(F)c(F)c1)NC1(C(=O)O)CCSCC1. The van der Waals surface area contributed by atoms with E-state index >= 15 is 0 Å². The second kappa shape index (κ2) is 7.77. The summed E-state index contributed by atoms with van der Waals surface area (Å²) >= 11 is 1.68. The largest absolute Gasteiger partial charge is 0.480 e. The van der Waals surface area contributed by atoms with Gasteiger partial charge in [0.25, 0.3) is 0 Å². The smallest absolute Gasteiger partial charge is 0.329 e. The minimum Gasteiger partial charge on any atom is -0.480 e. The molecule has 2 rings (SSSR count). The molecule has 0 radical (unpaired) electrons. The Kier molecular flexibility index (Phi) is 5.98. The monoisotopic (exact) mass is 343 g/mol. The molecular weight excluding hydrogens is 324 g/mol. The fourth-order valence-corrected chi connectivity index (χ4v) is 3.78. The first-order valence-electron chi connectivity index (χ1n) is 7.49. The van der Waals surface area contributed by atoms with Crippen molar-refractivity contribution in [3.05, 3.63) is 35.4 Å². The van der Waals surface area contributed by atoms with E-state index in [0.29, 0.717) is 42.8 Å². The number of amides is 1. The Morgan fingerprint density at radius 1 is 1.22 bits per heavy atom. The van der Waals surface area contributed by atoms with Gasteiger partial charge in [-0.05, 0) is 54.9 Å². The quantitative estimate of drug-likeness (QED) is 0.833. The lowest BCUT2D eigenvalue weighted by Crippen LogP contribution is -2.56. The van der Waals surface area contributed by atoms with E-state index in [2.05, 4.69) is 5.32 Å². The van der Waals surface area contributed by atoms with Gasteiger partial charge in [0, 0.05) is 6.42 Å². The maximum absolute atomic E-state index is 13.1. The van der Waals surface area contributed by atoms with E-state index in [0.717, 1.165) is 12.1 Å². The summed E-state index contributed by atoms with van der Waals surface area (Å²) in [6.45, 7) is 0. The number of aryl methyl sites for hydroxylation is 1. The van der Waals surface area contributed by atoms with Crippen molar-refractivity contribution in [2.45, 2.75) is 37.6 Å². The fourth-order valence-electron chi connectivity index (χ4n) is 2.59.